The zero-order chi connectivity index (χ0) is 13.0. The maximum Gasteiger partial charge on any atom is 0.343 e. The Labute approximate surface area is 96.7 Å². The van der Waals surface area contributed by atoms with Gasteiger partial charge in [-0.15, -0.1) is 0 Å². The number of carboxylic acids is 1. The van der Waals surface area contributed by atoms with Crippen molar-refractivity contribution in [3.05, 3.63) is 27.8 Å². The van der Waals surface area contributed by atoms with Crippen LogP contribution in [0.25, 0.3) is 0 Å². The van der Waals surface area contributed by atoms with Crippen molar-refractivity contribution in [2.24, 2.45) is 0 Å². The molecule has 0 saturated carbocycles. The maximum absolute atomic E-state index is 10.9. The molecule has 0 fully saturated rings. The molecule has 0 saturated heterocycles. The van der Waals surface area contributed by atoms with Crippen LogP contribution in [0.15, 0.2) is 12.1 Å². The van der Waals surface area contributed by atoms with Crippen LogP contribution in [0.3, 0.4) is 0 Å². The highest BCUT2D eigenvalue weighted by atomic mass is 16.6. The molecule has 0 unspecified atom stereocenters. The van der Waals surface area contributed by atoms with Crippen LogP contribution in [0.4, 0.5) is 5.69 Å². The third kappa shape index (κ3) is 2.63. The van der Waals surface area contributed by atoms with Crippen LogP contribution in [0, 0.1) is 10.1 Å². The number of benzene rings is 1. The second-order valence-corrected chi connectivity index (χ2v) is 3.02. The van der Waals surface area contributed by atoms with E-state index in [1.807, 2.05) is 0 Å². The van der Waals surface area contributed by atoms with Crippen LogP contribution in [0.1, 0.15) is 17.3 Å². The first-order chi connectivity index (χ1) is 8.01. The highest BCUT2D eigenvalue weighted by Crippen LogP contribution is 2.35. The topological polar surface area (TPSA) is 98.9 Å². The molecule has 0 spiro atoms. The van der Waals surface area contributed by atoms with Crippen molar-refractivity contribution in [3.8, 4) is 11.5 Å². The van der Waals surface area contributed by atoms with Gasteiger partial charge < -0.3 is 14.6 Å². The number of carbonyl (C=O) groups is 1. The molecule has 0 atom stereocenters. The summed E-state index contributed by atoms with van der Waals surface area (Å²) in [6.07, 6.45) is 0. The zero-order valence-electron chi connectivity index (χ0n) is 9.30. The number of nitrogens with zero attached hydrogens (tertiary/aromatic N) is 1. The van der Waals surface area contributed by atoms with Crippen molar-refractivity contribution in [2.45, 2.75) is 6.92 Å². The van der Waals surface area contributed by atoms with Gasteiger partial charge in [0, 0.05) is 12.1 Å². The van der Waals surface area contributed by atoms with E-state index < -0.39 is 22.1 Å². The molecule has 7 nitrogen and oxygen atoms in total. The molecule has 1 N–H and O–H groups in total. The van der Waals surface area contributed by atoms with E-state index in [1.165, 1.54) is 13.2 Å². The molecule has 1 aromatic carbocycles. The van der Waals surface area contributed by atoms with Gasteiger partial charge in [-0.1, -0.05) is 0 Å². The fourth-order valence-electron chi connectivity index (χ4n) is 1.32. The Bertz CT molecular complexity index is 456. The quantitative estimate of drug-likeness (QED) is 0.622. The Hall–Kier alpha value is -2.31. The lowest BCUT2D eigenvalue weighted by Crippen LogP contribution is -2.06. The smallest absolute Gasteiger partial charge is 0.343 e. The van der Waals surface area contributed by atoms with Gasteiger partial charge in [-0.2, -0.15) is 0 Å². The fourth-order valence-corrected chi connectivity index (χ4v) is 1.32. The molecule has 92 valence electrons. The predicted octanol–water partition coefficient (Wildman–Crippen LogP) is 1.70. The third-order valence-electron chi connectivity index (χ3n) is 2.00. The molecule has 0 aliphatic rings. The maximum atomic E-state index is 10.9. The van der Waals surface area contributed by atoms with Crippen molar-refractivity contribution in [1.82, 2.24) is 0 Å². The molecule has 0 bridgehead atoms. The summed E-state index contributed by atoms with van der Waals surface area (Å²) in [5.74, 6) is -1.33. The molecular weight excluding hydrogens is 230 g/mol. The SMILES string of the molecule is CCOc1cc(OC)cc(C(=O)O)c1[N+](=O)[O-]. The monoisotopic (exact) mass is 241 g/mol. The van der Waals surface area contributed by atoms with Gasteiger partial charge in [0.1, 0.15) is 11.3 Å². The first-order valence-corrected chi connectivity index (χ1v) is 4.73. The minimum Gasteiger partial charge on any atom is -0.497 e. The number of nitro benzene ring substituents is 1. The summed E-state index contributed by atoms with van der Waals surface area (Å²) in [4.78, 5) is 21.0. The molecule has 7 heteroatoms. The lowest BCUT2D eigenvalue weighted by Gasteiger charge is -2.08. The average Bonchev–Trinajstić information content (AvgIpc) is 2.27. The Balaban J connectivity index is 3.49. The van der Waals surface area contributed by atoms with Crippen molar-refractivity contribution in [3.63, 3.8) is 0 Å². The molecule has 0 aromatic heterocycles. The summed E-state index contributed by atoms with van der Waals surface area (Å²) in [7, 11) is 1.34. The van der Waals surface area contributed by atoms with Crippen LogP contribution in [-0.4, -0.2) is 29.7 Å². The lowest BCUT2D eigenvalue weighted by atomic mass is 10.1. The second-order valence-electron chi connectivity index (χ2n) is 3.02. The predicted molar refractivity (Wildman–Crippen MR) is 57.8 cm³/mol. The fraction of sp³-hybridized carbons (Fsp3) is 0.300. The van der Waals surface area contributed by atoms with Gasteiger partial charge in [0.15, 0.2) is 0 Å². The van der Waals surface area contributed by atoms with E-state index in [4.69, 9.17) is 14.6 Å². The van der Waals surface area contributed by atoms with Crippen LogP contribution < -0.4 is 9.47 Å². The minimum atomic E-state index is -1.41. The number of rotatable bonds is 5. The summed E-state index contributed by atoms with van der Waals surface area (Å²) in [5.41, 5.74) is -1.03. The standard InChI is InChI=1S/C10H11NO6/c1-3-17-8-5-6(16-2)4-7(10(12)13)9(8)11(14)15/h4-5H,3H2,1-2H3,(H,12,13). The number of nitro groups is 1. The van der Waals surface area contributed by atoms with Gasteiger partial charge in [-0.25, -0.2) is 4.79 Å². The first-order valence-electron chi connectivity index (χ1n) is 4.73. The van der Waals surface area contributed by atoms with Crippen LogP contribution in [-0.2, 0) is 0 Å². The largest absolute Gasteiger partial charge is 0.497 e. The molecule has 17 heavy (non-hydrogen) atoms. The van der Waals surface area contributed by atoms with Crippen molar-refractivity contribution in [1.29, 1.82) is 0 Å². The lowest BCUT2D eigenvalue weighted by molar-refractivity contribution is -0.386. The van der Waals surface area contributed by atoms with Gasteiger partial charge >= 0.3 is 11.7 Å². The van der Waals surface area contributed by atoms with E-state index in [0.717, 1.165) is 6.07 Å². The van der Waals surface area contributed by atoms with Crippen molar-refractivity contribution < 1.29 is 24.3 Å². The molecule has 0 amide bonds. The molecular formula is C10H11NO6. The van der Waals surface area contributed by atoms with Gasteiger partial charge in [0.25, 0.3) is 0 Å². The Morgan fingerprint density at radius 3 is 2.59 bits per heavy atom. The molecule has 0 heterocycles. The Kier molecular flexibility index (Phi) is 3.86. The second kappa shape index (κ2) is 5.15. The molecule has 1 aromatic rings. The molecule has 0 aliphatic heterocycles. The zero-order valence-corrected chi connectivity index (χ0v) is 9.30. The van der Waals surface area contributed by atoms with E-state index in [2.05, 4.69) is 0 Å². The van der Waals surface area contributed by atoms with Gasteiger partial charge in [0.2, 0.25) is 5.75 Å². The van der Waals surface area contributed by atoms with E-state index in [0.29, 0.717) is 0 Å². The highest BCUT2D eigenvalue weighted by molar-refractivity contribution is 5.94. The number of hydrogen-bond donors (Lipinski definition) is 1. The molecule has 0 aliphatic carbocycles. The van der Waals surface area contributed by atoms with Crippen LogP contribution >= 0.6 is 0 Å². The number of methoxy groups -OCH3 is 1. The number of aromatic carboxylic acids is 1. The summed E-state index contributed by atoms with van der Waals surface area (Å²) in [6, 6.07) is 2.37. The van der Waals surface area contributed by atoms with E-state index in [-0.39, 0.29) is 18.1 Å². The number of ether oxygens (including phenoxy) is 2. The number of hydrogen-bond acceptors (Lipinski definition) is 5. The Morgan fingerprint density at radius 2 is 2.18 bits per heavy atom. The summed E-state index contributed by atoms with van der Waals surface area (Å²) in [5, 5.41) is 19.8. The highest BCUT2D eigenvalue weighted by Gasteiger charge is 2.27. The Morgan fingerprint density at radius 1 is 1.53 bits per heavy atom. The van der Waals surface area contributed by atoms with Gasteiger partial charge in [-0.05, 0) is 6.92 Å². The summed E-state index contributed by atoms with van der Waals surface area (Å²) >= 11 is 0. The number of carboxylic acid groups (broad SMARTS) is 1. The molecule has 0 radical (unpaired) electrons. The molecule has 1 rings (SSSR count). The van der Waals surface area contributed by atoms with Gasteiger partial charge in [-0.3, -0.25) is 10.1 Å². The summed E-state index contributed by atoms with van der Waals surface area (Å²) < 4.78 is 9.91. The van der Waals surface area contributed by atoms with Gasteiger partial charge in [0.05, 0.1) is 18.6 Å². The minimum absolute atomic E-state index is 0.116. The van der Waals surface area contributed by atoms with Crippen LogP contribution in [0.5, 0.6) is 11.5 Å². The first kappa shape index (κ1) is 12.8. The van der Waals surface area contributed by atoms with E-state index >= 15 is 0 Å². The summed E-state index contributed by atoms with van der Waals surface area (Å²) in [6.45, 7) is 1.83. The van der Waals surface area contributed by atoms with E-state index in [1.54, 1.807) is 6.92 Å². The van der Waals surface area contributed by atoms with Crippen LogP contribution in [0.2, 0.25) is 0 Å². The third-order valence-corrected chi connectivity index (χ3v) is 2.00. The normalized spacial score (nSPS) is 9.76. The van der Waals surface area contributed by atoms with E-state index in [9.17, 15) is 14.9 Å². The van der Waals surface area contributed by atoms with Crippen molar-refractivity contribution >= 4 is 11.7 Å². The van der Waals surface area contributed by atoms with Crippen molar-refractivity contribution in [2.75, 3.05) is 13.7 Å². The average molecular weight is 241 g/mol.